The molecular weight excluding hydrogens is 394 g/mol. The number of hydrogen-bond donors (Lipinski definition) is 0. The molecule has 1 aliphatic rings. The van der Waals surface area contributed by atoms with Crippen LogP contribution in [0.2, 0.25) is 0 Å². The minimum atomic E-state index is -0.964. The fourth-order valence-corrected chi connectivity index (χ4v) is 4.06. The number of ether oxygens (including phenoxy) is 2. The van der Waals surface area contributed by atoms with Crippen molar-refractivity contribution in [3.63, 3.8) is 0 Å². The van der Waals surface area contributed by atoms with Crippen molar-refractivity contribution in [2.75, 3.05) is 27.3 Å². The number of esters is 1. The van der Waals surface area contributed by atoms with E-state index in [1.165, 1.54) is 23.3 Å². The summed E-state index contributed by atoms with van der Waals surface area (Å²) < 4.78 is 10.4. The van der Waals surface area contributed by atoms with Crippen molar-refractivity contribution in [2.45, 2.75) is 18.7 Å². The predicted molar refractivity (Wildman–Crippen MR) is 107 cm³/mol. The molecule has 2 atom stereocenters. The van der Waals surface area contributed by atoms with Crippen LogP contribution >= 0.6 is 11.3 Å². The number of carbonyl (C=O) groups excluding carboxylic acids is 2. The summed E-state index contributed by atoms with van der Waals surface area (Å²) in [6.07, 6.45) is 1.01. The third-order valence-electron chi connectivity index (χ3n) is 4.57. The molecule has 0 radical (unpaired) electrons. The summed E-state index contributed by atoms with van der Waals surface area (Å²) in [6, 6.07) is 8.07. The molecule has 29 heavy (non-hydrogen) atoms. The lowest BCUT2D eigenvalue weighted by molar-refractivity contribution is -0.170. The van der Waals surface area contributed by atoms with Crippen LogP contribution in [-0.2, 0) is 25.7 Å². The van der Waals surface area contributed by atoms with Crippen LogP contribution in [0.4, 0.5) is 4.79 Å². The molecule has 0 N–H and O–H groups in total. The smallest absolute Gasteiger partial charge is 0.411 e. The van der Waals surface area contributed by atoms with Crippen molar-refractivity contribution in [1.82, 2.24) is 14.9 Å². The lowest BCUT2D eigenvalue weighted by Gasteiger charge is -2.39. The third-order valence-corrected chi connectivity index (χ3v) is 5.51. The van der Waals surface area contributed by atoms with Gasteiger partial charge in [-0.25, -0.2) is 14.6 Å². The maximum absolute atomic E-state index is 12.9. The zero-order valence-corrected chi connectivity index (χ0v) is 17.1. The first kappa shape index (κ1) is 21.0. The first-order chi connectivity index (χ1) is 14.1. The summed E-state index contributed by atoms with van der Waals surface area (Å²) in [7, 11) is 3.05. The van der Waals surface area contributed by atoms with Crippen LogP contribution in [0.15, 0.2) is 48.5 Å². The van der Waals surface area contributed by atoms with Crippen molar-refractivity contribution in [1.29, 1.82) is 0 Å². The highest BCUT2D eigenvalue weighted by molar-refractivity contribution is 7.09. The molecule has 154 valence electrons. The Labute approximate surface area is 173 Å². The van der Waals surface area contributed by atoms with Crippen molar-refractivity contribution in [2.24, 2.45) is 0 Å². The first-order valence-corrected chi connectivity index (χ1v) is 9.89. The van der Waals surface area contributed by atoms with Gasteiger partial charge in [0.2, 0.25) is 0 Å². The number of fused-ring (bicyclic) bond motifs is 1. The standard InChI is InChI=1S/C20H23N3O5S/c1-4-10-28-22(2)15-11-23(20(25)27-12-14-8-6-5-7-9-14)17(19(24)26-3)16-18(15)29-13-21-16/h4-9,13,15,17H,1,10-12H2,2-3H3. The van der Waals surface area contributed by atoms with Crippen LogP contribution in [0.25, 0.3) is 0 Å². The maximum atomic E-state index is 12.9. The Hall–Kier alpha value is -2.75. The topological polar surface area (TPSA) is 81.2 Å². The summed E-state index contributed by atoms with van der Waals surface area (Å²) in [5, 5.41) is 1.64. The number of benzene rings is 1. The van der Waals surface area contributed by atoms with E-state index in [1.54, 1.807) is 23.7 Å². The summed E-state index contributed by atoms with van der Waals surface area (Å²) in [4.78, 5) is 37.6. The number of likely N-dealkylation sites (N-methyl/N-ethyl adjacent to an activating group) is 1. The van der Waals surface area contributed by atoms with Crippen LogP contribution in [0.5, 0.6) is 0 Å². The van der Waals surface area contributed by atoms with Gasteiger partial charge in [-0.1, -0.05) is 36.4 Å². The molecule has 1 aromatic carbocycles. The zero-order valence-electron chi connectivity index (χ0n) is 16.3. The summed E-state index contributed by atoms with van der Waals surface area (Å²) in [6.45, 7) is 4.26. The lowest BCUT2D eigenvalue weighted by atomic mass is 10.0. The van der Waals surface area contributed by atoms with Gasteiger partial charge in [0.05, 0.1) is 35.8 Å². The fraction of sp³-hybridized carbons (Fsp3) is 0.350. The minimum absolute atomic E-state index is 0.0987. The highest BCUT2D eigenvalue weighted by Crippen LogP contribution is 2.40. The Kier molecular flexibility index (Phi) is 6.97. The van der Waals surface area contributed by atoms with E-state index >= 15 is 0 Å². The van der Waals surface area contributed by atoms with Gasteiger partial charge in [0, 0.05) is 13.6 Å². The molecule has 0 saturated carbocycles. The Morgan fingerprint density at radius 2 is 2.14 bits per heavy atom. The summed E-state index contributed by atoms with van der Waals surface area (Å²) in [5.41, 5.74) is 2.97. The Bertz CT molecular complexity index is 857. The molecule has 0 fully saturated rings. The number of rotatable bonds is 7. The van der Waals surface area contributed by atoms with Gasteiger partial charge in [-0.3, -0.25) is 9.74 Å². The van der Waals surface area contributed by atoms with Gasteiger partial charge in [0.25, 0.3) is 0 Å². The average molecular weight is 417 g/mol. The van der Waals surface area contributed by atoms with Crippen LogP contribution in [0, 0.1) is 0 Å². The average Bonchev–Trinajstić information content (AvgIpc) is 3.24. The molecular formula is C20H23N3O5S. The van der Waals surface area contributed by atoms with Crippen molar-refractivity contribution in [3.05, 3.63) is 64.6 Å². The molecule has 2 unspecified atom stereocenters. The molecule has 1 amide bonds. The number of amides is 1. The van der Waals surface area contributed by atoms with Crippen LogP contribution in [0.1, 0.15) is 28.2 Å². The number of aromatic nitrogens is 1. The number of carbonyl (C=O) groups is 2. The SMILES string of the molecule is C=CCON(C)C1CN(C(=O)OCc2ccccc2)C(C(=O)OC)c2ncsc21. The largest absolute Gasteiger partial charge is 0.467 e. The highest BCUT2D eigenvalue weighted by Gasteiger charge is 2.45. The molecule has 3 rings (SSSR count). The van der Waals surface area contributed by atoms with E-state index in [2.05, 4.69) is 11.6 Å². The van der Waals surface area contributed by atoms with Crippen molar-refractivity contribution in [3.8, 4) is 0 Å². The lowest BCUT2D eigenvalue weighted by Crippen LogP contribution is -2.48. The molecule has 0 bridgehead atoms. The monoisotopic (exact) mass is 417 g/mol. The van der Waals surface area contributed by atoms with Crippen LogP contribution in [-0.4, -0.2) is 54.3 Å². The summed E-state index contributed by atoms with van der Waals surface area (Å²) in [5.74, 6) is -0.568. The first-order valence-electron chi connectivity index (χ1n) is 9.01. The van der Waals surface area contributed by atoms with E-state index in [9.17, 15) is 9.59 Å². The fourth-order valence-electron chi connectivity index (χ4n) is 3.11. The van der Waals surface area contributed by atoms with Crippen molar-refractivity contribution < 1.29 is 23.9 Å². The molecule has 0 spiro atoms. The van der Waals surface area contributed by atoms with E-state index in [0.717, 1.165) is 10.4 Å². The number of methoxy groups -OCH3 is 1. The number of thiazole rings is 1. The highest BCUT2D eigenvalue weighted by atomic mass is 32.1. The van der Waals surface area contributed by atoms with Gasteiger partial charge < -0.3 is 9.47 Å². The predicted octanol–water partition coefficient (Wildman–Crippen LogP) is 3.10. The molecule has 1 aliphatic heterocycles. The van der Waals surface area contributed by atoms with Crippen LogP contribution in [0.3, 0.4) is 0 Å². The quantitative estimate of drug-likeness (QED) is 0.389. The second-order valence-electron chi connectivity index (χ2n) is 6.37. The van der Waals surface area contributed by atoms with E-state index < -0.39 is 18.1 Å². The number of hydrogen-bond acceptors (Lipinski definition) is 8. The molecule has 8 nitrogen and oxygen atoms in total. The van der Waals surface area contributed by atoms with Gasteiger partial charge in [-0.2, -0.15) is 5.06 Å². The Morgan fingerprint density at radius 1 is 1.38 bits per heavy atom. The van der Waals surface area contributed by atoms with Gasteiger partial charge in [0.15, 0.2) is 6.04 Å². The number of hydroxylamine groups is 2. The summed E-state index contributed by atoms with van der Waals surface area (Å²) >= 11 is 1.41. The molecule has 9 heteroatoms. The molecule has 1 aromatic heterocycles. The van der Waals surface area contributed by atoms with Gasteiger partial charge >= 0.3 is 12.1 Å². The Balaban J connectivity index is 1.85. The van der Waals surface area contributed by atoms with E-state index in [0.29, 0.717) is 12.3 Å². The molecule has 2 heterocycles. The van der Waals surface area contributed by atoms with Crippen molar-refractivity contribution >= 4 is 23.4 Å². The van der Waals surface area contributed by atoms with Gasteiger partial charge in [-0.05, 0) is 5.56 Å². The maximum Gasteiger partial charge on any atom is 0.411 e. The second kappa shape index (κ2) is 9.64. The van der Waals surface area contributed by atoms with Crippen LogP contribution < -0.4 is 0 Å². The number of nitrogens with zero attached hydrogens (tertiary/aromatic N) is 3. The Morgan fingerprint density at radius 3 is 2.83 bits per heavy atom. The van der Waals surface area contributed by atoms with Gasteiger partial charge in [-0.15, -0.1) is 17.9 Å². The molecule has 0 aliphatic carbocycles. The van der Waals surface area contributed by atoms with E-state index in [4.69, 9.17) is 14.3 Å². The second-order valence-corrected chi connectivity index (χ2v) is 7.25. The van der Waals surface area contributed by atoms with Gasteiger partial charge in [0.1, 0.15) is 6.61 Å². The third kappa shape index (κ3) is 4.64. The van der Waals surface area contributed by atoms with E-state index in [1.807, 2.05) is 30.3 Å². The van der Waals surface area contributed by atoms with E-state index in [-0.39, 0.29) is 19.2 Å². The minimum Gasteiger partial charge on any atom is -0.467 e. The molecule has 2 aromatic rings. The zero-order chi connectivity index (χ0) is 20.8. The molecule has 0 saturated heterocycles. The normalized spacial score (nSPS) is 18.2.